The highest BCUT2D eigenvalue weighted by Gasteiger charge is 2.00. The van der Waals surface area contributed by atoms with E-state index in [-0.39, 0.29) is 0 Å². The molecule has 0 bridgehead atoms. The van der Waals surface area contributed by atoms with Crippen molar-refractivity contribution >= 4 is 0 Å². The van der Waals surface area contributed by atoms with Crippen molar-refractivity contribution in [1.29, 1.82) is 0 Å². The first-order valence-electron chi connectivity index (χ1n) is 8.61. The second kappa shape index (κ2) is 9.30. The lowest BCUT2D eigenvalue weighted by atomic mass is 10.0. The zero-order valence-corrected chi connectivity index (χ0v) is 14.0. The van der Waals surface area contributed by atoms with Crippen molar-refractivity contribution in [3.8, 4) is 11.5 Å². The van der Waals surface area contributed by atoms with Gasteiger partial charge in [0.2, 0.25) is 0 Å². The second-order valence-electron chi connectivity index (χ2n) is 6.08. The molecule has 0 aliphatic heterocycles. The lowest BCUT2D eigenvalue weighted by molar-refractivity contribution is 0.481. The van der Waals surface area contributed by atoms with Crippen LogP contribution < -0.4 is 4.74 Å². The van der Waals surface area contributed by atoms with Crippen molar-refractivity contribution in [3.63, 3.8) is 0 Å². The lowest BCUT2D eigenvalue weighted by Crippen LogP contribution is -1.89. The van der Waals surface area contributed by atoms with E-state index in [1.54, 1.807) is 0 Å². The molecule has 0 unspecified atom stereocenters. The minimum atomic E-state index is 0.914. The van der Waals surface area contributed by atoms with Crippen LogP contribution in [0.15, 0.2) is 48.5 Å². The van der Waals surface area contributed by atoms with Gasteiger partial charge in [0.1, 0.15) is 11.5 Å². The fourth-order valence-electron chi connectivity index (χ4n) is 2.69. The number of benzene rings is 2. The van der Waals surface area contributed by atoms with Crippen molar-refractivity contribution in [2.45, 2.75) is 58.8 Å². The van der Waals surface area contributed by atoms with Gasteiger partial charge in [-0.2, -0.15) is 0 Å². The molecule has 1 nitrogen and oxygen atoms in total. The number of aryl methyl sites for hydroxylation is 2. The molecule has 0 heterocycles. The predicted octanol–water partition coefficient (Wildman–Crippen LogP) is 6.69. The topological polar surface area (TPSA) is 9.23 Å². The van der Waals surface area contributed by atoms with Crippen LogP contribution in [0, 0.1) is 6.92 Å². The molecule has 0 spiro atoms. The number of unbranched alkanes of at least 4 members (excludes halogenated alkanes) is 5. The van der Waals surface area contributed by atoms with Gasteiger partial charge >= 0.3 is 0 Å². The number of hydrogen-bond donors (Lipinski definition) is 0. The molecular weight excluding hydrogens is 268 g/mol. The minimum absolute atomic E-state index is 0.914. The molecule has 22 heavy (non-hydrogen) atoms. The Labute approximate surface area is 135 Å². The summed E-state index contributed by atoms with van der Waals surface area (Å²) in [4.78, 5) is 0. The first kappa shape index (κ1) is 16.6. The van der Waals surface area contributed by atoms with E-state index in [4.69, 9.17) is 4.74 Å². The fraction of sp³-hybridized carbons (Fsp3) is 0.429. The summed E-state index contributed by atoms with van der Waals surface area (Å²) >= 11 is 0. The normalized spacial score (nSPS) is 10.6. The summed E-state index contributed by atoms with van der Waals surface area (Å²) in [5, 5.41) is 0. The Morgan fingerprint density at radius 3 is 2.23 bits per heavy atom. The van der Waals surface area contributed by atoms with Gasteiger partial charge in [-0.3, -0.25) is 0 Å². The average molecular weight is 296 g/mol. The average Bonchev–Trinajstić information content (AvgIpc) is 2.51. The van der Waals surface area contributed by atoms with Crippen molar-refractivity contribution in [3.05, 3.63) is 59.7 Å². The summed E-state index contributed by atoms with van der Waals surface area (Å²) in [5.41, 5.74) is 2.60. The largest absolute Gasteiger partial charge is 0.457 e. The van der Waals surface area contributed by atoms with Crippen molar-refractivity contribution < 1.29 is 4.74 Å². The van der Waals surface area contributed by atoms with E-state index in [1.807, 2.05) is 18.2 Å². The van der Waals surface area contributed by atoms with Crippen LogP contribution in [0.2, 0.25) is 0 Å². The van der Waals surface area contributed by atoms with Crippen LogP contribution in [-0.2, 0) is 6.42 Å². The van der Waals surface area contributed by atoms with Gasteiger partial charge in [-0.25, -0.2) is 0 Å². The Morgan fingerprint density at radius 2 is 1.45 bits per heavy atom. The quantitative estimate of drug-likeness (QED) is 0.468. The van der Waals surface area contributed by atoms with Crippen LogP contribution in [0.3, 0.4) is 0 Å². The smallest absolute Gasteiger partial charge is 0.127 e. The van der Waals surface area contributed by atoms with Crippen LogP contribution in [0.25, 0.3) is 0 Å². The first-order valence-corrected chi connectivity index (χ1v) is 8.61. The van der Waals surface area contributed by atoms with Crippen LogP contribution in [-0.4, -0.2) is 0 Å². The third-order valence-electron chi connectivity index (χ3n) is 3.94. The van der Waals surface area contributed by atoms with Crippen LogP contribution in [0.5, 0.6) is 11.5 Å². The second-order valence-corrected chi connectivity index (χ2v) is 6.08. The maximum atomic E-state index is 5.96. The van der Waals surface area contributed by atoms with E-state index in [0.717, 1.165) is 17.9 Å². The molecule has 0 aliphatic carbocycles. The van der Waals surface area contributed by atoms with E-state index >= 15 is 0 Å². The molecule has 0 saturated heterocycles. The van der Waals surface area contributed by atoms with Gasteiger partial charge in [0.05, 0.1) is 0 Å². The van der Waals surface area contributed by atoms with Gasteiger partial charge in [-0.1, -0.05) is 63.3 Å². The molecule has 0 aliphatic rings. The maximum absolute atomic E-state index is 5.96. The summed E-state index contributed by atoms with van der Waals surface area (Å²) in [6, 6.07) is 16.7. The van der Waals surface area contributed by atoms with E-state index in [0.29, 0.717) is 0 Å². The molecule has 0 fully saturated rings. The van der Waals surface area contributed by atoms with Crippen molar-refractivity contribution in [2.75, 3.05) is 0 Å². The van der Waals surface area contributed by atoms with E-state index in [2.05, 4.69) is 44.2 Å². The maximum Gasteiger partial charge on any atom is 0.127 e. The molecule has 1 heteroatoms. The Morgan fingerprint density at radius 1 is 0.773 bits per heavy atom. The summed E-state index contributed by atoms with van der Waals surface area (Å²) in [6.07, 6.45) is 9.20. The minimum Gasteiger partial charge on any atom is -0.457 e. The molecule has 0 amide bonds. The highest BCUT2D eigenvalue weighted by atomic mass is 16.5. The van der Waals surface area contributed by atoms with Gasteiger partial charge in [0.15, 0.2) is 0 Å². The summed E-state index contributed by atoms with van der Waals surface area (Å²) in [6.45, 7) is 4.35. The SMILES string of the molecule is CCCCCCCCc1cccc(Oc2cccc(C)c2)c1. The third kappa shape index (κ3) is 5.93. The molecule has 118 valence electrons. The van der Waals surface area contributed by atoms with Gasteiger partial charge in [0, 0.05) is 0 Å². The Balaban J connectivity index is 1.82. The predicted molar refractivity (Wildman–Crippen MR) is 94.8 cm³/mol. The van der Waals surface area contributed by atoms with Crippen LogP contribution in [0.1, 0.15) is 56.6 Å². The van der Waals surface area contributed by atoms with Crippen molar-refractivity contribution in [1.82, 2.24) is 0 Å². The third-order valence-corrected chi connectivity index (χ3v) is 3.94. The molecule has 0 atom stereocenters. The summed E-state index contributed by atoms with van der Waals surface area (Å²) < 4.78 is 5.96. The van der Waals surface area contributed by atoms with Crippen LogP contribution >= 0.6 is 0 Å². The highest BCUT2D eigenvalue weighted by molar-refractivity contribution is 5.35. The summed E-state index contributed by atoms with van der Waals surface area (Å²) in [7, 11) is 0. The molecule has 2 rings (SSSR count). The zero-order valence-electron chi connectivity index (χ0n) is 14.0. The molecular formula is C21H28O. The molecule has 2 aromatic rings. The Hall–Kier alpha value is -1.76. The number of rotatable bonds is 9. The molecule has 0 aromatic heterocycles. The molecule has 2 aromatic carbocycles. The van der Waals surface area contributed by atoms with Crippen molar-refractivity contribution in [2.24, 2.45) is 0 Å². The van der Waals surface area contributed by atoms with Gasteiger partial charge in [0.25, 0.3) is 0 Å². The van der Waals surface area contributed by atoms with Gasteiger partial charge in [-0.05, 0) is 55.2 Å². The highest BCUT2D eigenvalue weighted by Crippen LogP contribution is 2.23. The van der Waals surface area contributed by atoms with Crippen LogP contribution in [0.4, 0.5) is 0 Å². The fourth-order valence-corrected chi connectivity index (χ4v) is 2.69. The summed E-state index contributed by atoms with van der Waals surface area (Å²) in [5.74, 6) is 1.85. The lowest BCUT2D eigenvalue weighted by Gasteiger charge is -2.08. The zero-order chi connectivity index (χ0) is 15.6. The molecule has 0 N–H and O–H groups in total. The number of hydrogen-bond acceptors (Lipinski definition) is 1. The first-order chi connectivity index (χ1) is 10.8. The van der Waals surface area contributed by atoms with Gasteiger partial charge < -0.3 is 4.74 Å². The monoisotopic (exact) mass is 296 g/mol. The van der Waals surface area contributed by atoms with E-state index in [1.165, 1.54) is 49.7 Å². The van der Waals surface area contributed by atoms with Gasteiger partial charge in [-0.15, -0.1) is 0 Å². The number of ether oxygens (including phenoxy) is 1. The Bertz CT molecular complexity index is 559. The van der Waals surface area contributed by atoms with E-state index < -0.39 is 0 Å². The molecule has 0 saturated carbocycles. The Kier molecular flexibility index (Phi) is 7.02. The molecule has 0 radical (unpaired) electrons. The van der Waals surface area contributed by atoms with E-state index in [9.17, 15) is 0 Å². The standard InChI is InChI=1S/C21H28O/c1-3-4-5-6-7-8-12-19-13-10-15-21(17-19)22-20-14-9-11-18(2)16-20/h9-11,13-17H,3-8,12H2,1-2H3.